The predicted octanol–water partition coefficient (Wildman–Crippen LogP) is 2.56. The predicted molar refractivity (Wildman–Crippen MR) is 82.8 cm³/mol. The van der Waals surface area contributed by atoms with Crippen molar-refractivity contribution >= 4 is 11.4 Å². The molecule has 1 fully saturated rings. The fourth-order valence-corrected chi connectivity index (χ4v) is 2.89. The largest absolute Gasteiger partial charge is 0.484 e. The van der Waals surface area contributed by atoms with Gasteiger partial charge in [-0.05, 0) is 38.3 Å². The molecule has 0 aromatic heterocycles. The van der Waals surface area contributed by atoms with Crippen LogP contribution in [0.3, 0.4) is 0 Å². The molecule has 1 aliphatic heterocycles. The molecule has 0 radical (unpaired) electrons. The molecule has 21 heavy (non-hydrogen) atoms. The quantitative estimate of drug-likeness (QED) is 0.681. The molecular weight excluding hydrogens is 270 g/mol. The summed E-state index contributed by atoms with van der Waals surface area (Å²) in [7, 11) is 0. The van der Waals surface area contributed by atoms with E-state index in [4.69, 9.17) is 10.5 Å². The van der Waals surface area contributed by atoms with Crippen molar-refractivity contribution in [2.45, 2.75) is 39.3 Å². The van der Waals surface area contributed by atoms with Crippen LogP contribution in [0.2, 0.25) is 0 Å². The van der Waals surface area contributed by atoms with Crippen LogP contribution in [0.5, 0.6) is 5.75 Å². The number of nitro benzene ring substituents is 1. The maximum atomic E-state index is 11.5. The number of nitro groups is 1. The number of ether oxygens (including phenoxy) is 1. The number of nitrogens with two attached hydrogens (primary N) is 1. The van der Waals surface area contributed by atoms with Gasteiger partial charge in [0.05, 0.1) is 11.0 Å². The molecule has 2 unspecified atom stereocenters. The zero-order valence-corrected chi connectivity index (χ0v) is 12.8. The minimum absolute atomic E-state index is 0.0347. The van der Waals surface area contributed by atoms with Gasteiger partial charge in [0.25, 0.3) is 0 Å². The zero-order valence-electron chi connectivity index (χ0n) is 12.8. The van der Waals surface area contributed by atoms with Gasteiger partial charge >= 0.3 is 5.69 Å². The Morgan fingerprint density at radius 2 is 2.14 bits per heavy atom. The van der Waals surface area contributed by atoms with E-state index in [9.17, 15) is 10.1 Å². The van der Waals surface area contributed by atoms with Crippen LogP contribution < -0.4 is 15.4 Å². The van der Waals surface area contributed by atoms with Crippen LogP contribution in [0.25, 0.3) is 0 Å². The van der Waals surface area contributed by atoms with Gasteiger partial charge in [0.1, 0.15) is 5.69 Å². The second-order valence-corrected chi connectivity index (χ2v) is 6.05. The maximum Gasteiger partial charge on any atom is 0.333 e. The molecule has 1 heterocycles. The fourth-order valence-electron chi connectivity index (χ4n) is 2.89. The van der Waals surface area contributed by atoms with Crippen LogP contribution >= 0.6 is 0 Å². The molecule has 0 bridgehead atoms. The van der Waals surface area contributed by atoms with Crippen LogP contribution in [0, 0.1) is 16.0 Å². The third-order valence-corrected chi connectivity index (χ3v) is 3.56. The first-order valence-electron chi connectivity index (χ1n) is 7.33. The molecular formula is C15H23N3O3. The lowest BCUT2D eigenvalue weighted by atomic mass is 9.96. The Hall–Kier alpha value is -1.82. The minimum atomic E-state index is -0.363. The van der Waals surface area contributed by atoms with Crippen molar-refractivity contribution in [3.63, 3.8) is 0 Å². The molecule has 2 N–H and O–H groups in total. The van der Waals surface area contributed by atoms with E-state index in [1.807, 2.05) is 18.7 Å². The van der Waals surface area contributed by atoms with Gasteiger partial charge in [-0.2, -0.15) is 0 Å². The van der Waals surface area contributed by atoms with Crippen molar-refractivity contribution in [1.29, 1.82) is 0 Å². The first kappa shape index (κ1) is 15.6. The number of hydrogen-bond acceptors (Lipinski definition) is 5. The lowest BCUT2D eigenvalue weighted by Gasteiger charge is -2.36. The van der Waals surface area contributed by atoms with E-state index in [1.54, 1.807) is 18.2 Å². The van der Waals surface area contributed by atoms with E-state index in [1.165, 1.54) is 0 Å². The second kappa shape index (κ2) is 6.30. The maximum absolute atomic E-state index is 11.5. The summed E-state index contributed by atoms with van der Waals surface area (Å²) in [6.45, 7) is 7.24. The average molecular weight is 293 g/mol. The molecule has 6 heteroatoms. The van der Waals surface area contributed by atoms with E-state index in [0.29, 0.717) is 23.9 Å². The van der Waals surface area contributed by atoms with Crippen molar-refractivity contribution in [3.8, 4) is 5.75 Å². The Labute approximate surface area is 125 Å². The van der Waals surface area contributed by atoms with Crippen molar-refractivity contribution in [2.24, 2.45) is 11.7 Å². The molecule has 1 aromatic carbocycles. The number of rotatable bonds is 4. The van der Waals surface area contributed by atoms with E-state index in [-0.39, 0.29) is 22.8 Å². The number of nitrogens with zero attached hydrogens (tertiary/aromatic N) is 2. The van der Waals surface area contributed by atoms with E-state index in [2.05, 4.69) is 6.92 Å². The van der Waals surface area contributed by atoms with Gasteiger partial charge < -0.3 is 15.4 Å². The van der Waals surface area contributed by atoms with Gasteiger partial charge in [0, 0.05) is 19.1 Å². The van der Waals surface area contributed by atoms with Gasteiger partial charge in [0.2, 0.25) is 0 Å². The van der Waals surface area contributed by atoms with Crippen molar-refractivity contribution < 1.29 is 9.66 Å². The van der Waals surface area contributed by atoms with Gasteiger partial charge in [-0.15, -0.1) is 0 Å². The average Bonchev–Trinajstić information content (AvgIpc) is 2.36. The summed E-state index contributed by atoms with van der Waals surface area (Å²) in [5, 5.41) is 11.5. The Morgan fingerprint density at radius 1 is 1.43 bits per heavy atom. The van der Waals surface area contributed by atoms with Crippen LogP contribution in [0.15, 0.2) is 18.2 Å². The summed E-state index contributed by atoms with van der Waals surface area (Å²) in [5.74, 6) is 0.738. The highest BCUT2D eigenvalue weighted by Gasteiger charge is 2.30. The Bertz CT molecular complexity index is 509. The summed E-state index contributed by atoms with van der Waals surface area (Å²) in [5.41, 5.74) is 6.69. The molecule has 2 rings (SSSR count). The summed E-state index contributed by atoms with van der Waals surface area (Å²) < 4.78 is 5.59. The highest BCUT2D eigenvalue weighted by molar-refractivity contribution is 5.70. The van der Waals surface area contributed by atoms with Gasteiger partial charge in [0.15, 0.2) is 5.75 Å². The van der Waals surface area contributed by atoms with Crippen molar-refractivity contribution in [2.75, 3.05) is 18.0 Å². The molecule has 0 saturated carbocycles. The molecule has 0 aliphatic carbocycles. The van der Waals surface area contributed by atoms with Crippen molar-refractivity contribution in [3.05, 3.63) is 28.3 Å². The third kappa shape index (κ3) is 3.64. The summed E-state index contributed by atoms with van der Waals surface area (Å²) in [6.07, 6.45) is 0.841. The number of benzene rings is 1. The first-order chi connectivity index (χ1) is 9.88. The summed E-state index contributed by atoms with van der Waals surface area (Å²) in [6, 6.07) is 5.26. The second-order valence-electron chi connectivity index (χ2n) is 6.05. The van der Waals surface area contributed by atoms with Gasteiger partial charge in [-0.25, -0.2) is 0 Å². The van der Waals surface area contributed by atoms with Crippen LogP contribution in [0.1, 0.15) is 27.2 Å². The Morgan fingerprint density at radius 3 is 2.71 bits per heavy atom. The number of para-hydroxylation sites is 1. The molecule has 2 atom stereocenters. The van der Waals surface area contributed by atoms with Crippen LogP contribution in [0.4, 0.5) is 11.4 Å². The highest BCUT2D eigenvalue weighted by atomic mass is 16.6. The molecule has 0 spiro atoms. The molecule has 6 nitrogen and oxygen atoms in total. The van der Waals surface area contributed by atoms with E-state index >= 15 is 0 Å². The molecule has 116 valence electrons. The van der Waals surface area contributed by atoms with E-state index in [0.717, 1.165) is 13.0 Å². The number of hydrogen-bond donors (Lipinski definition) is 1. The molecule has 0 amide bonds. The van der Waals surface area contributed by atoms with E-state index < -0.39 is 0 Å². The Kier molecular flexibility index (Phi) is 4.67. The normalized spacial score (nSPS) is 22.4. The monoisotopic (exact) mass is 293 g/mol. The van der Waals surface area contributed by atoms with Crippen molar-refractivity contribution in [1.82, 2.24) is 0 Å². The minimum Gasteiger partial charge on any atom is -0.484 e. The summed E-state index contributed by atoms with van der Waals surface area (Å²) in [4.78, 5) is 13.1. The lowest BCUT2D eigenvalue weighted by molar-refractivity contribution is -0.385. The molecule has 1 aromatic rings. The standard InChI is InChI=1S/C15H23N3O3/c1-10(2)21-14-6-4-5-13(15(14)18(19)20)17-8-11(3)7-12(16)9-17/h4-6,10-12H,7-9,16H2,1-3H3. The molecule has 1 saturated heterocycles. The highest BCUT2D eigenvalue weighted by Crippen LogP contribution is 2.39. The fraction of sp³-hybridized carbons (Fsp3) is 0.600. The number of piperidine rings is 1. The first-order valence-corrected chi connectivity index (χ1v) is 7.33. The van der Waals surface area contributed by atoms with Crippen LogP contribution in [-0.4, -0.2) is 30.2 Å². The zero-order chi connectivity index (χ0) is 15.6. The van der Waals surface area contributed by atoms with Crippen LogP contribution in [-0.2, 0) is 0 Å². The third-order valence-electron chi connectivity index (χ3n) is 3.56. The summed E-state index contributed by atoms with van der Waals surface area (Å²) >= 11 is 0. The Balaban J connectivity index is 2.40. The van der Waals surface area contributed by atoms with Gasteiger partial charge in [-0.3, -0.25) is 10.1 Å². The van der Waals surface area contributed by atoms with Gasteiger partial charge in [-0.1, -0.05) is 13.0 Å². The SMILES string of the molecule is CC1CC(N)CN(c2cccc(OC(C)C)c2[N+](=O)[O-])C1. The topological polar surface area (TPSA) is 81.6 Å². The smallest absolute Gasteiger partial charge is 0.333 e. The lowest BCUT2D eigenvalue weighted by Crippen LogP contribution is -2.46. The number of anilines is 1. The molecule has 1 aliphatic rings.